The number of tetrazole rings is 1. The quantitative estimate of drug-likeness (QED) is 0.300. The summed E-state index contributed by atoms with van der Waals surface area (Å²) in [7, 11) is 0. The van der Waals surface area contributed by atoms with Gasteiger partial charge in [-0.3, -0.25) is 9.69 Å². The van der Waals surface area contributed by atoms with Crippen molar-refractivity contribution in [2.24, 2.45) is 0 Å². The summed E-state index contributed by atoms with van der Waals surface area (Å²) in [6.07, 6.45) is 2.42. The van der Waals surface area contributed by atoms with Crippen LogP contribution in [0.3, 0.4) is 0 Å². The van der Waals surface area contributed by atoms with E-state index in [-0.39, 0.29) is 11.6 Å². The van der Waals surface area contributed by atoms with Crippen molar-refractivity contribution in [1.29, 1.82) is 0 Å². The zero-order valence-corrected chi connectivity index (χ0v) is 21.7. The van der Waals surface area contributed by atoms with Gasteiger partial charge in [-0.1, -0.05) is 48.4 Å². The zero-order valence-electron chi connectivity index (χ0n) is 21.7. The molecule has 37 heavy (non-hydrogen) atoms. The van der Waals surface area contributed by atoms with Crippen LogP contribution in [0.15, 0.2) is 70.1 Å². The number of hydrogen-bond donors (Lipinski definition) is 1. The van der Waals surface area contributed by atoms with Crippen molar-refractivity contribution in [2.75, 3.05) is 0 Å². The Bertz CT molecular complexity index is 1550. The highest BCUT2D eigenvalue weighted by atomic mass is 16.3. The molecule has 3 heterocycles. The molecule has 2 aromatic carbocycles. The van der Waals surface area contributed by atoms with Gasteiger partial charge in [-0.05, 0) is 78.4 Å². The van der Waals surface area contributed by atoms with Crippen LogP contribution in [0.4, 0.5) is 0 Å². The number of nitrogens with one attached hydrogen (secondary N) is 1. The summed E-state index contributed by atoms with van der Waals surface area (Å²) in [6, 6.07) is 18.4. The van der Waals surface area contributed by atoms with Crippen LogP contribution in [0, 0.1) is 20.8 Å². The van der Waals surface area contributed by atoms with Gasteiger partial charge in [-0.15, -0.1) is 5.10 Å². The van der Waals surface area contributed by atoms with Gasteiger partial charge in [0.15, 0.2) is 5.82 Å². The fourth-order valence-electron chi connectivity index (χ4n) is 4.99. The molecule has 0 aliphatic carbocycles. The van der Waals surface area contributed by atoms with Gasteiger partial charge < -0.3 is 9.40 Å². The number of H-pyrrole nitrogens is 1. The number of rotatable bonds is 9. The van der Waals surface area contributed by atoms with E-state index < -0.39 is 0 Å². The van der Waals surface area contributed by atoms with Gasteiger partial charge in [-0.2, -0.15) is 0 Å². The van der Waals surface area contributed by atoms with Gasteiger partial charge in [0.1, 0.15) is 12.3 Å². The van der Waals surface area contributed by atoms with Crippen molar-refractivity contribution in [3.63, 3.8) is 0 Å². The Morgan fingerprint density at radius 3 is 2.57 bits per heavy atom. The lowest BCUT2D eigenvalue weighted by Crippen LogP contribution is -2.32. The fraction of sp³-hybridized carbons (Fsp3) is 0.310. The molecule has 0 aliphatic rings. The van der Waals surface area contributed by atoms with Crippen LogP contribution < -0.4 is 5.56 Å². The summed E-state index contributed by atoms with van der Waals surface area (Å²) >= 11 is 0. The van der Waals surface area contributed by atoms with Crippen molar-refractivity contribution in [1.82, 2.24) is 30.1 Å². The van der Waals surface area contributed by atoms with E-state index in [0.717, 1.165) is 40.0 Å². The number of aromatic amines is 1. The molecule has 0 spiro atoms. The molecule has 0 fully saturated rings. The van der Waals surface area contributed by atoms with E-state index in [1.807, 2.05) is 25.1 Å². The molecular formula is C29H32N6O2. The van der Waals surface area contributed by atoms with E-state index in [1.165, 1.54) is 11.1 Å². The van der Waals surface area contributed by atoms with Gasteiger partial charge in [0, 0.05) is 18.7 Å². The summed E-state index contributed by atoms with van der Waals surface area (Å²) in [5.41, 5.74) is 6.14. The van der Waals surface area contributed by atoms with E-state index >= 15 is 0 Å². The van der Waals surface area contributed by atoms with Crippen LogP contribution in [-0.4, -0.2) is 30.1 Å². The topological polar surface area (TPSA) is 92.8 Å². The predicted molar refractivity (Wildman–Crippen MR) is 143 cm³/mol. The molecule has 8 nitrogen and oxygen atoms in total. The van der Waals surface area contributed by atoms with Crippen molar-refractivity contribution < 1.29 is 4.42 Å². The first kappa shape index (κ1) is 24.6. The number of aryl methyl sites for hydroxylation is 3. The van der Waals surface area contributed by atoms with Crippen LogP contribution >= 0.6 is 0 Å². The Labute approximate surface area is 215 Å². The van der Waals surface area contributed by atoms with Crippen LogP contribution in [0.2, 0.25) is 0 Å². The van der Waals surface area contributed by atoms with E-state index in [1.54, 1.807) is 10.9 Å². The summed E-state index contributed by atoms with van der Waals surface area (Å²) < 4.78 is 7.32. The first-order valence-corrected chi connectivity index (χ1v) is 12.6. The third-order valence-electron chi connectivity index (χ3n) is 6.82. The average Bonchev–Trinajstić information content (AvgIpc) is 3.55. The maximum atomic E-state index is 13.2. The molecule has 5 rings (SSSR count). The Morgan fingerprint density at radius 1 is 1.03 bits per heavy atom. The first-order chi connectivity index (χ1) is 17.9. The van der Waals surface area contributed by atoms with E-state index in [9.17, 15) is 4.79 Å². The lowest BCUT2D eigenvalue weighted by atomic mass is 10.0. The molecule has 0 amide bonds. The van der Waals surface area contributed by atoms with Crippen molar-refractivity contribution in [2.45, 2.75) is 59.8 Å². The van der Waals surface area contributed by atoms with Gasteiger partial charge >= 0.3 is 0 Å². The number of furan rings is 1. The van der Waals surface area contributed by atoms with Gasteiger partial charge in [-0.25, -0.2) is 4.68 Å². The lowest BCUT2D eigenvalue weighted by Gasteiger charge is -2.30. The molecule has 0 radical (unpaired) electrons. The third kappa shape index (κ3) is 5.39. The molecule has 0 bridgehead atoms. The summed E-state index contributed by atoms with van der Waals surface area (Å²) in [5, 5.41) is 13.7. The monoisotopic (exact) mass is 496 g/mol. The molecule has 190 valence electrons. The van der Waals surface area contributed by atoms with Gasteiger partial charge in [0.2, 0.25) is 0 Å². The van der Waals surface area contributed by atoms with Gasteiger partial charge in [0.05, 0.1) is 17.8 Å². The highest BCUT2D eigenvalue weighted by Gasteiger charge is 2.26. The third-order valence-corrected chi connectivity index (χ3v) is 6.82. The maximum absolute atomic E-state index is 13.2. The van der Waals surface area contributed by atoms with Crippen LogP contribution in [0.1, 0.15) is 58.8 Å². The van der Waals surface area contributed by atoms with E-state index in [2.05, 4.69) is 82.6 Å². The number of nitrogens with zero attached hydrogens (tertiary/aromatic N) is 5. The number of aromatic nitrogens is 5. The van der Waals surface area contributed by atoms with Crippen LogP contribution in [0.5, 0.6) is 0 Å². The molecule has 0 saturated heterocycles. The average molecular weight is 497 g/mol. The Kier molecular flexibility index (Phi) is 7.01. The van der Waals surface area contributed by atoms with Crippen molar-refractivity contribution in [3.05, 3.63) is 111 Å². The molecule has 0 unspecified atom stereocenters. The largest absolute Gasteiger partial charge is 0.467 e. The molecule has 8 heteroatoms. The molecule has 1 N–H and O–H groups in total. The lowest BCUT2D eigenvalue weighted by molar-refractivity contribution is 0.161. The van der Waals surface area contributed by atoms with Crippen molar-refractivity contribution in [3.8, 4) is 0 Å². The SMILES string of the molecule is CC[C@@H](c1nnnn1Cc1ccco1)N(Cc1ccc(C)cc1)Cc1cc2cc(C)cc(C)c2[nH]c1=O. The first-order valence-electron chi connectivity index (χ1n) is 12.6. The van der Waals surface area contributed by atoms with Crippen LogP contribution in [0.25, 0.3) is 10.9 Å². The molecule has 3 aromatic heterocycles. The standard InChI is InChI=1S/C29H32N6O2/c1-5-26(28-31-32-33-35(28)18-25-7-6-12-37-25)34(16-22-10-8-19(2)9-11-22)17-24-15-23-14-20(3)13-21(4)27(23)30-29(24)36/h6-15,26H,5,16-18H2,1-4H3,(H,30,36)/t26-/m0/s1. The predicted octanol–water partition coefficient (Wildman–Crippen LogP) is 5.23. The van der Waals surface area contributed by atoms with Crippen LogP contribution in [-0.2, 0) is 19.6 Å². The normalized spacial score (nSPS) is 12.5. The second kappa shape index (κ2) is 10.5. The Morgan fingerprint density at radius 2 is 1.84 bits per heavy atom. The Balaban J connectivity index is 1.54. The van der Waals surface area contributed by atoms with E-state index in [0.29, 0.717) is 25.2 Å². The molecule has 5 aromatic rings. The fourth-order valence-corrected chi connectivity index (χ4v) is 4.99. The Hall–Kier alpha value is -4.04. The zero-order chi connectivity index (χ0) is 25.9. The second-order valence-electron chi connectivity index (χ2n) is 9.76. The molecule has 0 saturated carbocycles. The van der Waals surface area contributed by atoms with Gasteiger partial charge in [0.25, 0.3) is 5.56 Å². The smallest absolute Gasteiger partial charge is 0.252 e. The summed E-state index contributed by atoms with van der Waals surface area (Å²) in [6.45, 7) is 9.86. The minimum atomic E-state index is -0.111. The molecular weight excluding hydrogens is 464 g/mol. The number of benzene rings is 2. The molecule has 0 aliphatic heterocycles. The number of hydrogen-bond acceptors (Lipinski definition) is 6. The highest BCUT2D eigenvalue weighted by Crippen LogP contribution is 2.27. The summed E-state index contributed by atoms with van der Waals surface area (Å²) in [5.74, 6) is 1.53. The number of pyridine rings is 1. The van der Waals surface area contributed by atoms with Crippen molar-refractivity contribution >= 4 is 10.9 Å². The minimum Gasteiger partial charge on any atom is -0.467 e. The van der Waals surface area contributed by atoms with E-state index in [4.69, 9.17) is 4.42 Å². The maximum Gasteiger partial charge on any atom is 0.252 e. The molecule has 1 atom stereocenters. The minimum absolute atomic E-state index is 0.0709. The number of fused-ring (bicyclic) bond motifs is 1. The second-order valence-corrected chi connectivity index (χ2v) is 9.76. The highest BCUT2D eigenvalue weighted by molar-refractivity contribution is 5.82. The summed E-state index contributed by atoms with van der Waals surface area (Å²) in [4.78, 5) is 18.6.